The lowest BCUT2D eigenvalue weighted by atomic mass is 10.2. The third-order valence-electron chi connectivity index (χ3n) is 3.66. The molecule has 0 aliphatic carbocycles. The van der Waals surface area contributed by atoms with Crippen molar-refractivity contribution in [3.8, 4) is 0 Å². The summed E-state index contributed by atoms with van der Waals surface area (Å²) in [7, 11) is -1.61. The summed E-state index contributed by atoms with van der Waals surface area (Å²) in [6.07, 6.45) is 3.93. The monoisotopic (exact) mass is 333 g/mol. The van der Waals surface area contributed by atoms with E-state index in [-0.39, 0.29) is 4.90 Å². The summed E-state index contributed by atoms with van der Waals surface area (Å²) < 4.78 is 27.4. The van der Waals surface area contributed by atoms with E-state index >= 15 is 0 Å². The summed E-state index contributed by atoms with van der Waals surface area (Å²) in [5.74, 6) is 0.320. The normalized spacial score (nSPS) is 11.3. The summed E-state index contributed by atoms with van der Waals surface area (Å²) >= 11 is 0. The number of aryl methyl sites for hydroxylation is 1. The highest BCUT2D eigenvalue weighted by Crippen LogP contribution is 2.19. The predicted molar refractivity (Wildman–Crippen MR) is 94.4 cm³/mol. The van der Waals surface area contributed by atoms with Crippen LogP contribution in [-0.4, -0.2) is 27.0 Å². The molecule has 2 rings (SSSR count). The van der Waals surface area contributed by atoms with Crippen molar-refractivity contribution in [3.05, 3.63) is 48.2 Å². The Balaban J connectivity index is 2.13. The highest BCUT2D eigenvalue weighted by atomic mass is 32.2. The standard InChI is InChI=1S/C17H23N3O2S/c1-4-5-12-20(3)15-10-11-17(18-13-15)19-23(21,22)16-9-7-6-8-14(16)2/h6-11,13H,4-5,12H2,1-3H3,(H,18,19). The Labute approximate surface area is 138 Å². The third-order valence-corrected chi connectivity index (χ3v) is 5.17. The minimum Gasteiger partial charge on any atom is -0.373 e. The van der Waals surface area contributed by atoms with Crippen molar-refractivity contribution in [1.29, 1.82) is 0 Å². The number of benzene rings is 1. The van der Waals surface area contributed by atoms with Gasteiger partial charge in [-0.2, -0.15) is 0 Å². The van der Waals surface area contributed by atoms with Crippen LogP contribution < -0.4 is 9.62 Å². The summed E-state index contributed by atoms with van der Waals surface area (Å²) in [4.78, 5) is 6.59. The molecule has 1 heterocycles. The first-order valence-corrected chi connectivity index (χ1v) is 9.18. The van der Waals surface area contributed by atoms with Gasteiger partial charge in [-0.15, -0.1) is 0 Å². The van der Waals surface area contributed by atoms with E-state index in [0.29, 0.717) is 11.4 Å². The van der Waals surface area contributed by atoms with Gasteiger partial charge in [-0.3, -0.25) is 4.72 Å². The van der Waals surface area contributed by atoms with Crippen molar-refractivity contribution in [2.24, 2.45) is 0 Å². The Hall–Kier alpha value is -2.08. The van der Waals surface area contributed by atoms with Gasteiger partial charge < -0.3 is 4.90 Å². The lowest BCUT2D eigenvalue weighted by Crippen LogP contribution is -2.19. The van der Waals surface area contributed by atoms with Gasteiger partial charge in [-0.1, -0.05) is 31.5 Å². The molecule has 0 bridgehead atoms. The number of anilines is 2. The number of nitrogens with zero attached hydrogens (tertiary/aromatic N) is 2. The number of hydrogen-bond donors (Lipinski definition) is 1. The molecule has 1 aromatic heterocycles. The van der Waals surface area contributed by atoms with Gasteiger partial charge >= 0.3 is 0 Å². The number of pyridine rings is 1. The Morgan fingerprint density at radius 1 is 1.17 bits per heavy atom. The van der Waals surface area contributed by atoms with Crippen molar-refractivity contribution in [2.45, 2.75) is 31.6 Å². The number of sulfonamides is 1. The molecule has 0 aliphatic heterocycles. The second-order valence-corrected chi connectivity index (χ2v) is 7.20. The average Bonchev–Trinajstić information content (AvgIpc) is 2.53. The molecule has 2 aromatic rings. The molecule has 0 unspecified atom stereocenters. The van der Waals surface area contributed by atoms with Gasteiger partial charge in [0.2, 0.25) is 0 Å². The molecule has 0 amide bonds. The summed E-state index contributed by atoms with van der Waals surface area (Å²) in [6.45, 7) is 4.87. The topological polar surface area (TPSA) is 62.3 Å². The molecule has 1 N–H and O–H groups in total. The van der Waals surface area contributed by atoms with Gasteiger partial charge in [0.15, 0.2) is 0 Å². The summed E-state index contributed by atoms with van der Waals surface area (Å²) in [5.41, 5.74) is 1.67. The Kier molecular flexibility index (Phi) is 5.60. The van der Waals surface area contributed by atoms with Gasteiger partial charge in [0.1, 0.15) is 5.82 Å². The van der Waals surface area contributed by atoms with Crippen LogP contribution in [-0.2, 0) is 10.0 Å². The highest BCUT2D eigenvalue weighted by molar-refractivity contribution is 7.92. The van der Waals surface area contributed by atoms with Crippen LogP contribution in [0.3, 0.4) is 0 Å². The maximum Gasteiger partial charge on any atom is 0.263 e. The molecule has 0 atom stereocenters. The van der Waals surface area contributed by atoms with Crippen LogP contribution in [0, 0.1) is 6.92 Å². The number of aromatic nitrogens is 1. The summed E-state index contributed by atoms with van der Waals surface area (Å²) in [5, 5.41) is 0. The lowest BCUT2D eigenvalue weighted by molar-refractivity contribution is 0.600. The Bertz CT molecular complexity index is 743. The van der Waals surface area contributed by atoms with Crippen molar-refractivity contribution in [2.75, 3.05) is 23.2 Å². The number of nitrogens with one attached hydrogen (secondary N) is 1. The fourth-order valence-corrected chi connectivity index (χ4v) is 3.50. The van der Waals surface area contributed by atoms with E-state index in [0.717, 1.165) is 25.1 Å². The van der Waals surface area contributed by atoms with E-state index < -0.39 is 10.0 Å². The number of unbranched alkanes of at least 4 members (excludes halogenated alkanes) is 1. The van der Waals surface area contributed by atoms with Gasteiger partial charge in [0.25, 0.3) is 10.0 Å². The van der Waals surface area contributed by atoms with Crippen LogP contribution in [0.4, 0.5) is 11.5 Å². The van der Waals surface area contributed by atoms with Gasteiger partial charge in [0.05, 0.1) is 16.8 Å². The fraction of sp³-hybridized carbons (Fsp3) is 0.353. The van der Waals surface area contributed by atoms with Gasteiger partial charge in [0, 0.05) is 13.6 Å². The Morgan fingerprint density at radius 2 is 1.91 bits per heavy atom. The van der Waals surface area contributed by atoms with Crippen molar-refractivity contribution in [1.82, 2.24) is 4.98 Å². The molecule has 124 valence electrons. The highest BCUT2D eigenvalue weighted by Gasteiger charge is 2.16. The minimum absolute atomic E-state index is 0.269. The van der Waals surface area contributed by atoms with Gasteiger partial charge in [-0.25, -0.2) is 13.4 Å². The molecule has 1 aromatic carbocycles. The van der Waals surface area contributed by atoms with Crippen LogP contribution in [0.5, 0.6) is 0 Å². The molecular weight excluding hydrogens is 310 g/mol. The smallest absolute Gasteiger partial charge is 0.263 e. The molecule has 23 heavy (non-hydrogen) atoms. The lowest BCUT2D eigenvalue weighted by Gasteiger charge is -2.18. The maximum atomic E-state index is 12.4. The molecule has 5 nitrogen and oxygen atoms in total. The summed E-state index contributed by atoms with van der Waals surface area (Å²) in [6, 6.07) is 10.4. The van der Waals surface area contributed by atoms with Crippen LogP contribution in [0.1, 0.15) is 25.3 Å². The van der Waals surface area contributed by atoms with E-state index in [1.54, 1.807) is 37.4 Å². The average molecular weight is 333 g/mol. The van der Waals surface area contributed by atoms with Crippen LogP contribution in [0.25, 0.3) is 0 Å². The van der Waals surface area contributed by atoms with Crippen molar-refractivity contribution >= 4 is 21.5 Å². The zero-order valence-electron chi connectivity index (χ0n) is 13.8. The number of hydrogen-bond acceptors (Lipinski definition) is 4. The van der Waals surface area contributed by atoms with Crippen LogP contribution >= 0.6 is 0 Å². The molecule has 6 heteroatoms. The molecular formula is C17H23N3O2S. The number of rotatable bonds is 7. The quantitative estimate of drug-likeness (QED) is 0.843. The van der Waals surface area contributed by atoms with E-state index in [4.69, 9.17) is 0 Å². The molecule has 0 spiro atoms. The largest absolute Gasteiger partial charge is 0.373 e. The molecule has 0 saturated heterocycles. The SMILES string of the molecule is CCCCN(C)c1ccc(NS(=O)(=O)c2ccccc2C)nc1. The first kappa shape index (κ1) is 17.3. The maximum absolute atomic E-state index is 12.4. The Morgan fingerprint density at radius 3 is 2.52 bits per heavy atom. The first-order valence-electron chi connectivity index (χ1n) is 7.69. The van der Waals surface area contributed by atoms with E-state index in [9.17, 15) is 8.42 Å². The fourth-order valence-electron chi connectivity index (χ4n) is 2.25. The second-order valence-electron chi connectivity index (χ2n) is 5.55. The predicted octanol–water partition coefficient (Wildman–Crippen LogP) is 3.43. The van der Waals surface area contributed by atoms with Gasteiger partial charge in [-0.05, 0) is 37.1 Å². The van der Waals surface area contributed by atoms with E-state index in [1.807, 2.05) is 19.2 Å². The zero-order valence-corrected chi connectivity index (χ0v) is 14.6. The van der Waals surface area contributed by atoms with E-state index in [2.05, 4.69) is 21.5 Å². The molecule has 0 fully saturated rings. The van der Waals surface area contributed by atoms with E-state index in [1.165, 1.54) is 0 Å². The van der Waals surface area contributed by atoms with Crippen LogP contribution in [0.15, 0.2) is 47.5 Å². The zero-order chi connectivity index (χ0) is 16.9. The molecule has 0 saturated carbocycles. The first-order chi connectivity index (χ1) is 10.9. The molecule has 0 aliphatic rings. The third kappa shape index (κ3) is 4.45. The second kappa shape index (κ2) is 7.46. The van der Waals surface area contributed by atoms with Crippen molar-refractivity contribution < 1.29 is 8.42 Å². The molecule has 0 radical (unpaired) electrons. The van der Waals surface area contributed by atoms with Crippen molar-refractivity contribution in [3.63, 3.8) is 0 Å². The minimum atomic E-state index is -3.62. The van der Waals surface area contributed by atoms with Crippen LogP contribution in [0.2, 0.25) is 0 Å².